The van der Waals surface area contributed by atoms with Crippen LogP contribution in [0.25, 0.3) is 0 Å². The van der Waals surface area contributed by atoms with Gasteiger partial charge in [0, 0.05) is 6.54 Å². The molecule has 0 aromatic carbocycles. The minimum absolute atomic E-state index is 0.524. The highest BCUT2D eigenvalue weighted by atomic mass is 16.2. The molecule has 0 aliphatic rings. The normalized spacial score (nSPS) is 9.00. The quantitative estimate of drug-likeness (QED) is 0.524. The summed E-state index contributed by atoms with van der Waals surface area (Å²) in [6.45, 7) is 2.61. The van der Waals surface area contributed by atoms with Crippen molar-refractivity contribution in [2.45, 2.75) is 26.2 Å². The summed E-state index contributed by atoms with van der Waals surface area (Å²) in [4.78, 5) is 9.91. The van der Waals surface area contributed by atoms with Crippen molar-refractivity contribution in [1.82, 2.24) is 11.1 Å². The van der Waals surface area contributed by atoms with Gasteiger partial charge >= 0.3 is 6.03 Å². The van der Waals surface area contributed by atoms with Crippen molar-refractivity contribution in [2.24, 2.45) is 0 Å². The zero-order valence-corrected chi connectivity index (χ0v) is 5.68. The smallest absolute Gasteiger partial charge is 0.246 e. The molecule has 0 aromatic rings. The Balaban J connectivity index is 2.83. The van der Waals surface area contributed by atoms with E-state index in [9.17, 15) is 4.79 Å². The van der Waals surface area contributed by atoms with Crippen LogP contribution < -0.4 is 11.1 Å². The van der Waals surface area contributed by atoms with Crippen LogP contribution in [0.1, 0.15) is 26.2 Å². The first-order valence-corrected chi connectivity index (χ1v) is 3.20. The van der Waals surface area contributed by atoms with Crippen LogP contribution >= 0.6 is 0 Å². The van der Waals surface area contributed by atoms with Gasteiger partial charge in [0.05, 0.1) is 0 Å². The maximum absolute atomic E-state index is 9.91. The Morgan fingerprint density at radius 3 is 2.67 bits per heavy atom. The van der Waals surface area contributed by atoms with E-state index < -0.39 is 6.03 Å². The van der Waals surface area contributed by atoms with Gasteiger partial charge in [-0.2, -0.15) is 0 Å². The van der Waals surface area contributed by atoms with Crippen LogP contribution in [0.15, 0.2) is 0 Å². The highest BCUT2D eigenvalue weighted by Crippen LogP contribution is 1.90. The van der Waals surface area contributed by atoms with Gasteiger partial charge in [0.2, 0.25) is 0 Å². The molecule has 2 radical (unpaired) electrons. The second-order valence-corrected chi connectivity index (χ2v) is 1.89. The third kappa shape index (κ3) is 7.27. The van der Waals surface area contributed by atoms with Gasteiger partial charge in [-0.1, -0.05) is 19.8 Å². The molecule has 2 amide bonds. The fourth-order valence-electron chi connectivity index (χ4n) is 0.542. The maximum atomic E-state index is 9.91. The van der Waals surface area contributed by atoms with Crippen molar-refractivity contribution in [1.29, 1.82) is 0 Å². The Kier molecular flexibility index (Phi) is 4.97. The van der Waals surface area contributed by atoms with E-state index in [4.69, 9.17) is 5.73 Å². The topological polar surface area (TPSA) is 55.0 Å². The first-order valence-electron chi connectivity index (χ1n) is 3.20. The van der Waals surface area contributed by atoms with E-state index in [0.717, 1.165) is 19.3 Å². The lowest BCUT2D eigenvalue weighted by Gasteiger charge is -1.94. The Bertz CT molecular complexity index is 83.1. The van der Waals surface area contributed by atoms with Gasteiger partial charge in [0.15, 0.2) is 0 Å². The number of nitrogens with one attached hydrogen (secondary N) is 1. The first kappa shape index (κ1) is 8.27. The van der Waals surface area contributed by atoms with Crippen molar-refractivity contribution in [3.63, 3.8) is 0 Å². The van der Waals surface area contributed by atoms with Crippen LogP contribution in [-0.2, 0) is 0 Å². The summed E-state index contributed by atoms with van der Waals surface area (Å²) in [7, 11) is 0. The zero-order chi connectivity index (χ0) is 7.11. The summed E-state index contributed by atoms with van der Waals surface area (Å²) in [5.74, 6) is 0. The lowest BCUT2D eigenvalue weighted by molar-refractivity contribution is 0.246. The van der Waals surface area contributed by atoms with Crippen LogP contribution in [0.2, 0.25) is 0 Å². The molecule has 52 valence electrons. The summed E-state index contributed by atoms with van der Waals surface area (Å²) < 4.78 is 0. The van der Waals surface area contributed by atoms with Gasteiger partial charge in [-0.05, 0) is 6.42 Å². The number of rotatable bonds is 4. The molecule has 3 heteroatoms. The third-order valence-corrected chi connectivity index (χ3v) is 1.02. The summed E-state index contributed by atoms with van der Waals surface area (Å²) >= 11 is 0. The molecule has 0 spiro atoms. The fourth-order valence-corrected chi connectivity index (χ4v) is 0.542. The van der Waals surface area contributed by atoms with Gasteiger partial charge in [0.1, 0.15) is 0 Å². The van der Waals surface area contributed by atoms with Crippen molar-refractivity contribution < 1.29 is 4.79 Å². The second kappa shape index (κ2) is 5.41. The maximum Gasteiger partial charge on any atom is 0.355 e. The summed E-state index contributed by atoms with van der Waals surface area (Å²) in [5.41, 5.74) is 6.41. The molecule has 3 nitrogen and oxygen atoms in total. The molecule has 1 N–H and O–H groups in total. The van der Waals surface area contributed by atoms with E-state index >= 15 is 0 Å². The van der Waals surface area contributed by atoms with Gasteiger partial charge in [-0.15, -0.1) is 0 Å². The molecule has 0 rings (SSSR count). The molecule has 0 heterocycles. The lowest BCUT2D eigenvalue weighted by Crippen LogP contribution is -2.14. The minimum atomic E-state index is -0.800. The Morgan fingerprint density at radius 2 is 2.22 bits per heavy atom. The highest BCUT2D eigenvalue weighted by molar-refractivity contribution is 5.70. The zero-order valence-electron chi connectivity index (χ0n) is 5.68. The first-order chi connectivity index (χ1) is 4.27. The summed E-state index contributed by atoms with van der Waals surface area (Å²) in [6, 6.07) is -0.800. The summed E-state index contributed by atoms with van der Waals surface area (Å²) in [5, 5.41) is 3.39. The van der Waals surface area contributed by atoms with E-state index in [0.29, 0.717) is 6.54 Å². The average Bonchev–Trinajstić information content (AvgIpc) is 1.80. The molecule has 9 heavy (non-hydrogen) atoms. The molecule has 0 saturated heterocycles. The van der Waals surface area contributed by atoms with Gasteiger partial charge in [-0.25, -0.2) is 15.8 Å². The molecule has 0 aromatic heterocycles. The van der Waals surface area contributed by atoms with E-state index in [-0.39, 0.29) is 0 Å². The molecule has 0 aliphatic carbocycles. The molecule has 0 atom stereocenters. The Hall–Kier alpha value is -0.730. The van der Waals surface area contributed by atoms with Crippen LogP contribution in [0.5, 0.6) is 0 Å². The number of unbranched alkanes of at least 4 members (excludes halogenated alkanes) is 2. The van der Waals surface area contributed by atoms with E-state index in [1.807, 2.05) is 0 Å². The summed E-state index contributed by atoms with van der Waals surface area (Å²) in [6.07, 6.45) is 3.15. The van der Waals surface area contributed by atoms with Crippen LogP contribution in [0.4, 0.5) is 4.79 Å². The number of hydrogen-bond donors (Lipinski definition) is 0. The van der Waals surface area contributed by atoms with Crippen LogP contribution in [0.3, 0.4) is 0 Å². The molecule has 0 aliphatic heterocycles. The van der Waals surface area contributed by atoms with Crippen molar-refractivity contribution in [2.75, 3.05) is 6.54 Å². The number of carbonyl (C=O) groups excluding carboxylic acids is 1. The number of amides is 2. The molecular formula is C6H12N2O. The highest BCUT2D eigenvalue weighted by Gasteiger charge is 1.92. The largest absolute Gasteiger partial charge is 0.355 e. The molecule has 0 fully saturated rings. The number of nitrogens with zero attached hydrogens (tertiary/aromatic N) is 1. The van der Waals surface area contributed by atoms with Crippen molar-refractivity contribution in [3.8, 4) is 0 Å². The Morgan fingerprint density at radius 1 is 1.56 bits per heavy atom. The van der Waals surface area contributed by atoms with E-state index in [1.54, 1.807) is 0 Å². The molecular weight excluding hydrogens is 116 g/mol. The van der Waals surface area contributed by atoms with Gasteiger partial charge in [0.25, 0.3) is 0 Å². The molecule has 0 saturated carbocycles. The van der Waals surface area contributed by atoms with Gasteiger partial charge < -0.3 is 0 Å². The van der Waals surface area contributed by atoms with Crippen molar-refractivity contribution >= 4 is 6.03 Å². The average molecular weight is 128 g/mol. The minimum Gasteiger partial charge on any atom is -0.246 e. The van der Waals surface area contributed by atoms with Gasteiger partial charge in [-0.3, -0.25) is 0 Å². The Labute approximate surface area is 55.6 Å². The van der Waals surface area contributed by atoms with Crippen LogP contribution in [0, 0.1) is 0 Å². The molecule has 0 bridgehead atoms. The van der Waals surface area contributed by atoms with E-state index in [2.05, 4.69) is 12.2 Å². The number of urea groups is 1. The number of hydrogen-bond acceptors (Lipinski definition) is 1. The lowest BCUT2D eigenvalue weighted by atomic mass is 10.2. The van der Waals surface area contributed by atoms with Crippen molar-refractivity contribution in [3.05, 3.63) is 0 Å². The predicted octanol–water partition coefficient (Wildman–Crippen LogP) is 1.18. The fraction of sp³-hybridized carbons (Fsp3) is 0.833. The third-order valence-electron chi connectivity index (χ3n) is 1.02. The van der Waals surface area contributed by atoms with Crippen LogP contribution in [-0.4, -0.2) is 12.6 Å². The predicted molar refractivity (Wildman–Crippen MR) is 35.0 cm³/mol. The standard InChI is InChI=1S/C6H12N2O/c1-2-3-4-5-8-6(7)9/h7H,2-5H2,1H3. The molecule has 0 unspecified atom stereocenters. The second-order valence-electron chi connectivity index (χ2n) is 1.89. The monoisotopic (exact) mass is 128 g/mol. The SMILES string of the molecule is CCCCC[N]C([NH])=O. The number of carbonyl (C=O) groups is 1. The van der Waals surface area contributed by atoms with E-state index in [1.165, 1.54) is 0 Å².